The quantitative estimate of drug-likeness (QED) is 0.673. The van der Waals surface area contributed by atoms with Crippen molar-refractivity contribution in [1.82, 2.24) is 0 Å². The Kier molecular flexibility index (Phi) is 3.62. The highest BCUT2D eigenvalue weighted by atomic mass is 32.2. The second kappa shape index (κ2) is 5.36. The van der Waals surface area contributed by atoms with Crippen LogP contribution in [0, 0.1) is 0 Å². The van der Waals surface area contributed by atoms with Crippen molar-refractivity contribution in [2.24, 2.45) is 0 Å². The highest BCUT2D eigenvalue weighted by molar-refractivity contribution is 7.99. The van der Waals surface area contributed by atoms with Gasteiger partial charge in [0.2, 0.25) is 0 Å². The number of hydrogen-bond acceptors (Lipinski definition) is 2. The third-order valence-electron chi connectivity index (χ3n) is 3.16. The van der Waals surface area contributed by atoms with Crippen molar-refractivity contribution >= 4 is 34.3 Å². The molecule has 0 aromatic heterocycles. The lowest BCUT2D eigenvalue weighted by Gasteiger charge is -2.09. The van der Waals surface area contributed by atoms with E-state index in [1.165, 1.54) is 40.2 Å². The molecule has 0 N–H and O–H groups in total. The molecule has 0 amide bonds. The predicted octanol–water partition coefficient (Wildman–Crippen LogP) is 4.71. The van der Waals surface area contributed by atoms with E-state index in [0.29, 0.717) is 0 Å². The van der Waals surface area contributed by atoms with E-state index in [4.69, 9.17) is 0 Å². The molecule has 17 heavy (non-hydrogen) atoms. The first-order valence-electron chi connectivity index (χ1n) is 6.09. The standard InChI is InChI=1S/C15H16S2/c1-2-5-13-9-15-11-17-7-3-6-16-10-14(15)8-12(13)4-1/h1-2,4-5,8-9H,3,6-7,10-11H2. The van der Waals surface area contributed by atoms with Crippen molar-refractivity contribution in [1.29, 1.82) is 0 Å². The molecule has 0 bridgehead atoms. The molecule has 3 rings (SSSR count). The molecule has 0 saturated carbocycles. The van der Waals surface area contributed by atoms with Crippen LogP contribution in [0.15, 0.2) is 36.4 Å². The zero-order valence-corrected chi connectivity index (χ0v) is 11.4. The normalized spacial score (nSPS) is 16.9. The van der Waals surface area contributed by atoms with Gasteiger partial charge in [-0.05, 0) is 39.8 Å². The molecule has 0 atom stereocenters. The molecule has 0 aliphatic carbocycles. The van der Waals surface area contributed by atoms with Gasteiger partial charge in [0.15, 0.2) is 0 Å². The summed E-state index contributed by atoms with van der Waals surface area (Å²) in [6, 6.07) is 13.5. The second-order valence-electron chi connectivity index (χ2n) is 4.43. The van der Waals surface area contributed by atoms with Crippen molar-refractivity contribution in [3.63, 3.8) is 0 Å². The lowest BCUT2D eigenvalue weighted by molar-refractivity contribution is 1.12. The van der Waals surface area contributed by atoms with E-state index in [0.717, 1.165) is 0 Å². The maximum absolute atomic E-state index is 2.39. The van der Waals surface area contributed by atoms with Crippen LogP contribution in [0.25, 0.3) is 10.8 Å². The van der Waals surface area contributed by atoms with Crippen LogP contribution in [0.2, 0.25) is 0 Å². The Hall–Kier alpha value is -0.600. The summed E-state index contributed by atoms with van der Waals surface area (Å²) in [5, 5.41) is 2.77. The summed E-state index contributed by atoms with van der Waals surface area (Å²) in [4.78, 5) is 0. The Balaban J connectivity index is 2.06. The first kappa shape index (κ1) is 11.5. The predicted molar refractivity (Wildman–Crippen MR) is 80.9 cm³/mol. The zero-order chi connectivity index (χ0) is 11.5. The molecule has 0 fully saturated rings. The van der Waals surface area contributed by atoms with E-state index in [1.807, 2.05) is 0 Å². The molecular formula is C15H16S2. The molecule has 0 spiro atoms. The monoisotopic (exact) mass is 260 g/mol. The molecule has 0 radical (unpaired) electrons. The summed E-state index contributed by atoms with van der Waals surface area (Å²) in [5.74, 6) is 4.97. The third kappa shape index (κ3) is 2.63. The summed E-state index contributed by atoms with van der Waals surface area (Å²) in [5.41, 5.74) is 3.09. The van der Waals surface area contributed by atoms with E-state index < -0.39 is 0 Å². The second-order valence-corrected chi connectivity index (χ2v) is 6.64. The molecule has 0 saturated heterocycles. The van der Waals surface area contributed by atoms with E-state index in [2.05, 4.69) is 59.9 Å². The minimum Gasteiger partial charge on any atom is -0.157 e. The maximum Gasteiger partial charge on any atom is 0.0187 e. The van der Waals surface area contributed by atoms with Gasteiger partial charge >= 0.3 is 0 Å². The van der Waals surface area contributed by atoms with Gasteiger partial charge in [-0.1, -0.05) is 36.4 Å². The number of benzene rings is 2. The van der Waals surface area contributed by atoms with Crippen LogP contribution < -0.4 is 0 Å². The Bertz CT molecular complexity index is 473. The molecule has 0 nitrogen and oxygen atoms in total. The minimum atomic E-state index is 1.18. The van der Waals surface area contributed by atoms with Crippen molar-refractivity contribution in [3.8, 4) is 0 Å². The van der Waals surface area contributed by atoms with Gasteiger partial charge in [-0.15, -0.1) is 0 Å². The number of rotatable bonds is 0. The molecule has 2 heteroatoms. The van der Waals surface area contributed by atoms with Gasteiger partial charge in [0.1, 0.15) is 0 Å². The Morgan fingerprint density at radius 3 is 1.82 bits per heavy atom. The topological polar surface area (TPSA) is 0 Å². The fourth-order valence-corrected chi connectivity index (χ4v) is 4.38. The van der Waals surface area contributed by atoms with Gasteiger partial charge in [0, 0.05) is 11.5 Å². The maximum atomic E-state index is 2.39. The molecular weight excluding hydrogens is 244 g/mol. The highest BCUT2D eigenvalue weighted by Crippen LogP contribution is 2.28. The van der Waals surface area contributed by atoms with Gasteiger partial charge in [0.25, 0.3) is 0 Å². The summed E-state index contributed by atoms with van der Waals surface area (Å²) in [6.45, 7) is 0. The lowest BCUT2D eigenvalue weighted by Crippen LogP contribution is -1.91. The van der Waals surface area contributed by atoms with Crippen LogP contribution >= 0.6 is 23.5 Å². The van der Waals surface area contributed by atoms with Gasteiger partial charge < -0.3 is 0 Å². The van der Waals surface area contributed by atoms with Crippen molar-refractivity contribution in [2.45, 2.75) is 17.9 Å². The Labute approximate surface area is 111 Å². The molecule has 88 valence electrons. The summed E-state index contributed by atoms with van der Waals surface area (Å²) in [7, 11) is 0. The van der Waals surface area contributed by atoms with E-state index in [9.17, 15) is 0 Å². The molecule has 1 aliphatic heterocycles. The number of fused-ring (bicyclic) bond motifs is 2. The van der Waals surface area contributed by atoms with Crippen LogP contribution in [0.1, 0.15) is 17.5 Å². The fraction of sp³-hybridized carbons (Fsp3) is 0.333. The SMILES string of the molecule is c1ccc2cc3c(cc2c1)CSCCCSC3. The first-order valence-corrected chi connectivity index (χ1v) is 8.40. The van der Waals surface area contributed by atoms with Crippen molar-refractivity contribution in [2.75, 3.05) is 11.5 Å². The molecule has 2 aromatic rings. The lowest BCUT2D eigenvalue weighted by atomic mass is 10.0. The van der Waals surface area contributed by atoms with Gasteiger partial charge in [-0.2, -0.15) is 23.5 Å². The Morgan fingerprint density at radius 2 is 1.29 bits per heavy atom. The van der Waals surface area contributed by atoms with Gasteiger partial charge in [0.05, 0.1) is 0 Å². The fourth-order valence-electron chi connectivity index (χ4n) is 2.23. The summed E-state index contributed by atoms with van der Waals surface area (Å²) >= 11 is 4.16. The summed E-state index contributed by atoms with van der Waals surface area (Å²) in [6.07, 6.45) is 1.35. The minimum absolute atomic E-state index is 1.18. The molecule has 1 aliphatic rings. The largest absolute Gasteiger partial charge is 0.157 e. The van der Waals surface area contributed by atoms with Crippen molar-refractivity contribution < 1.29 is 0 Å². The highest BCUT2D eigenvalue weighted by Gasteiger charge is 2.07. The molecule has 0 unspecified atom stereocenters. The Morgan fingerprint density at radius 1 is 0.765 bits per heavy atom. The first-order chi connectivity index (χ1) is 8.43. The smallest absolute Gasteiger partial charge is 0.0187 e. The third-order valence-corrected chi connectivity index (χ3v) is 5.35. The van der Waals surface area contributed by atoms with Crippen LogP contribution in [0.5, 0.6) is 0 Å². The van der Waals surface area contributed by atoms with Crippen molar-refractivity contribution in [3.05, 3.63) is 47.5 Å². The number of thioether (sulfide) groups is 2. The van der Waals surface area contributed by atoms with Crippen LogP contribution in [-0.2, 0) is 11.5 Å². The average molecular weight is 260 g/mol. The van der Waals surface area contributed by atoms with Crippen LogP contribution in [-0.4, -0.2) is 11.5 Å². The molecule has 2 aromatic carbocycles. The molecule has 1 heterocycles. The van der Waals surface area contributed by atoms with E-state index in [1.54, 1.807) is 11.1 Å². The van der Waals surface area contributed by atoms with Gasteiger partial charge in [-0.25, -0.2) is 0 Å². The van der Waals surface area contributed by atoms with E-state index >= 15 is 0 Å². The zero-order valence-electron chi connectivity index (χ0n) is 9.82. The number of hydrogen-bond donors (Lipinski definition) is 0. The van der Waals surface area contributed by atoms with Crippen LogP contribution in [0.4, 0.5) is 0 Å². The summed E-state index contributed by atoms with van der Waals surface area (Å²) < 4.78 is 0. The average Bonchev–Trinajstić information content (AvgIpc) is 2.47. The van der Waals surface area contributed by atoms with E-state index in [-0.39, 0.29) is 0 Å². The van der Waals surface area contributed by atoms with Crippen LogP contribution in [0.3, 0.4) is 0 Å². The van der Waals surface area contributed by atoms with Gasteiger partial charge in [-0.3, -0.25) is 0 Å².